The largest absolute Gasteiger partial charge is 0.505 e. The van der Waals surface area contributed by atoms with E-state index in [2.05, 4.69) is 58.0 Å². The summed E-state index contributed by atoms with van der Waals surface area (Å²) >= 11 is 0. The van der Waals surface area contributed by atoms with Crippen molar-refractivity contribution in [3.8, 4) is 5.75 Å². The summed E-state index contributed by atoms with van der Waals surface area (Å²) in [6, 6.07) is 14.1. The number of hydrogen-bond donors (Lipinski definition) is 1. The lowest BCUT2D eigenvalue weighted by molar-refractivity contribution is 0.101. The van der Waals surface area contributed by atoms with Gasteiger partial charge in [0.2, 0.25) is 0 Å². The molecule has 29 heavy (non-hydrogen) atoms. The minimum Gasteiger partial charge on any atom is -0.505 e. The third-order valence-corrected chi connectivity index (χ3v) is 4.86. The van der Waals surface area contributed by atoms with Gasteiger partial charge in [-0.3, -0.25) is 4.79 Å². The van der Waals surface area contributed by atoms with Gasteiger partial charge in [-0.2, -0.15) is 0 Å². The van der Waals surface area contributed by atoms with Crippen LogP contribution in [0, 0.1) is 11.7 Å². The van der Waals surface area contributed by atoms with E-state index < -0.39 is 11.6 Å². The Morgan fingerprint density at radius 2 is 1.59 bits per heavy atom. The van der Waals surface area contributed by atoms with E-state index in [-0.39, 0.29) is 11.3 Å². The number of Topliss-reactive ketones (excluding diaryl/α,β-unsaturated/α-hetero) is 1. The molecule has 0 bridgehead atoms. The lowest BCUT2D eigenvalue weighted by atomic mass is 9.97. The quantitative estimate of drug-likeness (QED) is 0.454. The topological polar surface area (TPSA) is 37.3 Å². The Balaban J connectivity index is 0.000000409. The molecule has 0 atom stereocenters. The third kappa shape index (κ3) is 12.8. The standard InChI is InChI=1S/C9H12.C9H20.C8H7FO2/c1-2-6-9-7-4-3-5-8-9;1-4-7-8-9(5-2)6-3;1-5(10)6-2-3-8(11)7(9)4-6/h3-5,7-8H,2,6H2,1H3;9H,4-8H2,1-3H3;2-4,11H,1H3. The summed E-state index contributed by atoms with van der Waals surface area (Å²) in [5, 5.41) is 8.74. The first-order valence-electron chi connectivity index (χ1n) is 10.9. The molecule has 2 nitrogen and oxygen atoms in total. The van der Waals surface area contributed by atoms with Gasteiger partial charge in [-0.1, -0.05) is 96.6 Å². The molecule has 0 aliphatic carbocycles. The highest BCUT2D eigenvalue weighted by atomic mass is 19.1. The first-order valence-corrected chi connectivity index (χ1v) is 10.9. The first-order chi connectivity index (χ1) is 13.9. The van der Waals surface area contributed by atoms with E-state index >= 15 is 0 Å². The second-order valence-corrected chi connectivity index (χ2v) is 7.28. The summed E-state index contributed by atoms with van der Waals surface area (Å²) in [6.07, 6.45) is 9.42. The van der Waals surface area contributed by atoms with Crippen molar-refractivity contribution in [3.63, 3.8) is 0 Å². The van der Waals surface area contributed by atoms with Gasteiger partial charge in [0.15, 0.2) is 17.3 Å². The maximum Gasteiger partial charge on any atom is 0.165 e. The number of ketones is 1. The van der Waals surface area contributed by atoms with Crippen molar-refractivity contribution in [3.05, 3.63) is 65.5 Å². The summed E-state index contributed by atoms with van der Waals surface area (Å²) in [4.78, 5) is 10.7. The zero-order valence-corrected chi connectivity index (χ0v) is 18.9. The van der Waals surface area contributed by atoms with Crippen LogP contribution in [0.3, 0.4) is 0 Å². The Labute approximate surface area is 177 Å². The van der Waals surface area contributed by atoms with Crippen LogP contribution in [0.1, 0.15) is 89.1 Å². The number of aryl methyl sites for hydroxylation is 1. The minimum absolute atomic E-state index is 0.219. The van der Waals surface area contributed by atoms with E-state index in [9.17, 15) is 9.18 Å². The fraction of sp³-hybridized carbons (Fsp3) is 0.500. The maximum absolute atomic E-state index is 12.5. The molecular formula is C26H39FO2. The predicted molar refractivity (Wildman–Crippen MR) is 122 cm³/mol. The van der Waals surface area contributed by atoms with E-state index in [0.717, 1.165) is 18.1 Å². The molecule has 0 radical (unpaired) electrons. The zero-order valence-electron chi connectivity index (χ0n) is 18.9. The number of benzene rings is 2. The van der Waals surface area contributed by atoms with Gasteiger partial charge in [-0.05, 0) is 43.0 Å². The summed E-state index contributed by atoms with van der Waals surface area (Å²) < 4.78 is 12.5. The van der Waals surface area contributed by atoms with Crippen molar-refractivity contribution >= 4 is 5.78 Å². The molecule has 1 N–H and O–H groups in total. The lowest BCUT2D eigenvalue weighted by Gasteiger charge is -2.09. The van der Waals surface area contributed by atoms with Crippen molar-refractivity contribution in [2.24, 2.45) is 5.92 Å². The van der Waals surface area contributed by atoms with Gasteiger partial charge >= 0.3 is 0 Å². The predicted octanol–water partition coefficient (Wildman–Crippen LogP) is 7.99. The Morgan fingerprint density at radius 1 is 0.966 bits per heavy atom. The number of halogens is 1. The van der Waals surface area contributed by atoms with E-state index in [0.29, 0.717) is 0 Å². The lowest BCUT2D eigenvalue weighted by Crippen LogP contribution is -1.95. The number of phenolic OH excluding ortho intramolecular Hbond substituents is 1. The highest BCUT2D eigenvalue weighted by Crippen LogP contribution is 2.16. The van der Waals surface area contributed by atoms with Crippen LogP contribution in [0.2, 0.25) is 0 Å². The maximum atomic E-state index is 12.5. The molecule has 0 spiro atoms. The van der Waals surface area contributed by atoms with Crippen molar-refractivity contribution in [1.82, 2.24) is 0 Å². The van der Waals surface area contributed by atoms with Gasteiger partial charge in [0.05, 0.1) is 0 Å². The number of hydrogen-bond acceptors (Lipinski definition) is 2. The molecule has 0 unspecified atom stereocenters. The van der Waals surface area contributed by atoms with Crippen LogP contribution in [0.5, 0.6) is 5.75 Å². The highest BCUT2D eigenvalue weighted by molar-refractivity contribution is 5.94. The number of rotatable bonds is 8. The molecule has 3 heteroatoms. The molecule has 0 heterocycles. The van der Waals surface area contributed by atoms with Gasteiger partial charge in [-0.15, -0.1) is 0 Å². The molecule has 0 aliphatic heterocycles. The van der Waals surface area contributed by atoms with Gasteiger partial charge < -0.3 is 5.11 Å². The summed E-state index contributed by atoms with van der Waals surface area (Å²) in [5.41, 5.74) is 1.71. The second-order valence-electron chi connectivity index (χ2n) is 7.28. The van der Waals surface area contributed by atoms with E-state index in [1.807, 2.05) is 0 Å². The summed E-state index contributed by atoms with van der Waals surface area (Å²) in [6.45, 7) is 10.4. The Morgan fingerprint density at radius 3 is 2.03 bits per heavy atom. The number of unbranched alkanes of at least 4 members (excludes halogenated alkanes) is 1. The second kappa shape index (κ2) is 16.8. The van der Waals surface area contributed by atoms with Crippen LogP contribution in [0.4, 0.5) is 4.39 Å². The Hall–Kier alpha value is -2.16. The van der Waals surface area contributed by atoms with Crippen LogP contribution in [0.15, 0.2) is 48.5 Å². The minimum atomic E-state index is -0.766. The SMILES string of the molecule is CC(=O)c1ccc(O)c(F)c1.CCCCC(CC)CC.CCCc1ccccc1. The van der Waals surface area contributed by atoms with Gasteiger partial charge in [0.1, 0.15) is 0 Å². The van der Waals surface area contributed by atoms with Crippen molar-refractivity contribution in [2.45, 2.75) is 79.6 Å². The molecule has 0 aliphatic rings. The van der Waals surface area contributed by atoms with Crippen LogP contribution in [-0.4, -0.2) is 10.9 Å². The van der Waals surface area contributed by atoms with Crippen LogP contribution >= 0.6 is 0 Å². The van der Waals surface area contributed by atoms with E-state index in [1.54, 1.807) is 0 Å². The van der Waals surface area contributed by atoms with Gasteiger partial charge in [0, 0.05) is 5.56 Å². The third-order valence-electron chi connectivity index (χ3n) is 4.86. The molecular weight excluding hydrogens is 363 g/mol. The summed E-state index contributed by atoms with van der Waals surface area (Å²) in [5.74, 6) is -0.415. The smallest absolute Gasteiger partial charge is 0.165 e. The fourth-order valence-corrected chi connectivity index (χ4v) is 2.85. The Kier molecular flexibility index (Phi) is 15.5. The Bertz CT molecular complexity index is 664. The number of aromatic hydroxyl groups is 1. The summed E-state index contributed by atoms with van der Waals surface area (Å²) in [7, 11) is 0. The van der Waals surface area contributed by atoms with E-state index in [1.165, 1.54) is 63.5 Å². The van der Waals surface area contributed by atoms with Gasteiger partial charge in [0.25, 0.3) is 0 Å². The van der Waals surface area contributed by atoms with E-state index in [4.69, 9.17) is 5.11 Å². The normalized spacial score (nSPS) is 9.90. The monoisotopic (exact) mass is 402 g/mol. The highest BCUT2D eigenvalue weighted by Gasteiger charge is 2.03. The molecule has 0 amide bonds. The first kappa shape index (κ1) is 26.8. The van der Waals surface area contributed by atoms with Crippen LogP contribution in [0.25, 0.3) is 0 Å². The number of carbonyl (C=O) groups is 1. The molecule has 0 fully saturated rings. The molecule has 0 saturated carbocycles. The number of phenols is 1. The van der Waals surface area contributed by atoms with Crippen molar-refractivity contribution in [2.75, 3.05) is 0 Å². The molecule has 2 rings (SSSR count). The zero-order chi connectivity index (χ0) is 22.1. The molecule has 0 saturated heterocycles. The average molecular weight is 403 g/mol. The van der Waals surface area contributed by atoms with Crippen LogP contribution < -0.4 is 0 Å². The molecule has 0 aromatic heterocycles. The molecule has 2 aromatic rings. The molecule has 162 valence electrons. The molecule has 2 aromatic carbocycles. The average Bonchev–Trinajstić information content (AvgIpc) is 2.73. The van der Waals surface area contributed by atoms with Crippen molar-refractivity contribution in [1.29, 1.82) is 0 Å². The fourth-order valence-electron chi connectivity index (χ4n) is 2.85. The van der Waals surface area contributed by atoms with Crippen molar-refractivity contribution < 1.29 is 14.3 Å². The number of carbonyl (C=O) groups excluding carboxylic acids is 1. The van der Waals surface area contributed by atoms with Crippen LogP contribution in [-0.2, 0) is 6.42 Å². The van der Waals surface area contributed by atoms with Gasteiger partial charge in [-0.25, -0.2) is 4.39 Å².